The normalized spacial score (nSPS) is 14.3. The van der Waals surface area contributed by atoms with E-state index in [1.807, 2.05) is 60.4 Å². The van der Waals surface area contributed by atoms with Gasteiger partial charge in [0, 0.05) is 25.0 Å². The third-order valence-electron chi connectivity index (χ3n) is 6.88. The van der Waals surface area contributed by atoms with E-state index in [4.69, 9.17) is 0 Å². The zero-order valence-electron chi connectivity index (χ0n) is 19.9. The molecule has 0 atom stereocenters. The predicted molar refractivity (Wildman–Crippen MR) is 140 cm³/mol. The summed E-state index contributed by atoms with van der Waals surface area (Å²) in [5, 5.41) is 14.5. The Labute approximate surface area is 205 Å². The molecule has 1 aliphatic heterocycles. The fourth-order valence-corrected chi connectivity index (χ4v) is 5.13. The molecule has 35 heavy (non-hydrogen) atoms. The lowest BCUT2D eigenvalue weighted by Crippen LogP contribution is -2.35. The second kappa shape index (κ2) is 10.1. The minimum atomic E-state index is -0.325. The van der Waals surface area contributed by atoms with Crippen molar-refractivity contribution in [1.82, 2.24) is 9.97 Å². The molecule has 0 bridgehead atoms. The van der Waals surface area contributed by atoms with Crippen molar-refractivity contribution in [2.45, 2.75) is 26.2 Å². The maximum Gasteiger partial charge on any atom is 0.353 e. The fourth-order valence-electron chi connectivity index (χ4n) is 5.13. The summed E-state index contributed by atoms with van der Waals surface area (Å²) in [6, 6.07) is 24.6. The van der Waals surface area contributed by atoms with Crippen molar-refractivity contribution in [3.05, 3.63) is 94.8 Å². The first kappa shape index (κ1) is 22.8. The highest BCUT2D eigenvalue weighted by Gasteiger charge is 2.32. The number of hydrogen-bond donors (Lipinski definition) is 0. The highest BCUT2D eigenvalue weighted by Crippen LogP contribution is 2.40. The fraction of sp³-hybridized carbons (Fsp3) is 0.286. The van der Waals surface area contributed by atoms with Crippen LogP contribution in [0.15, 0.2) is 79.1 Å². The van der Waals surface area contributed by atoms with Gasteiger partial charge >= 0.3 is 5.69 Å². The monoisotopic (exact) mass is 467 g/mol. The van der Waals surface area contributed by atoms with Gasteiger partial charge in [0.15, 0.2) is 0 Å². The Kier molecular flexibility index (Phi) is 6.57. The summed E-state index contributed by atoms with van der Waals surface area (Å²) >= 11 is 0. The van der Waals surface area contributed by atoms with Crippen LogP contribution in [0.2, 0.25) is 0 Å². The summed E-state index contributed by atoms with van der Waals surface area (Å²) in [7, 11) is 0. The van der Waals surface area contributed by atoms with Gasteiger partial charge in [0.2, 0.25) is 11.6 Å². The molecule has 0 saturated carbocycles. The Morgan fingerprint density at radius 1 is 0.971 bits per heavy atom. The van der Waals surface area contributed by atoms with Crippen molar-refractivity contribution in [1.29, 1.82) is 0 Å². The number of nitrogens with zero attached hydrogens (tertiary/aromatic N) is 5. The third kappa shape index (κ3) is 4.67. The van der Waals surface area contributed by atoms with Crippen molar-refractivity contribution >= 4 is 33.8 Å². The zero-order chi connectivity index (χ0) is 24.2. The lowest BCUT2D eigenvalue weighted by Gasteiger charge is -2.33. The van der Waals surface area contributed by atoms with E-state index in [0.29, 0.717) is 24.1 Å². The molecule has 7 nitrogen and oxygen atoms in total. The molecule has 3 aromatic carbocycles. The molecule has 178 valence electrons. The van der Waals surface area contributed by atoms with E-state index in [-0.39, 0.29) is 10.6 Å². The zero-order valence-corrected chi connectivity index (χ0v) is 19.9. The van der Waals surface area contributed by atoms with Crippen LogP contribution < -0.4 is 9.80 Å². The number of nitro groups is 1. The van der Waals surface area contributed by atoms with E-state index in [9.17, 15) is 10.1 Å². The largest absolute Gasteiger partial charge is 0.353 e. The van der Waals surface area contributed by atoms with E-state index in [1.165, 1.54) is 11.9 Å². The van der Waals surface area contributed by atoms with Gasteiger partial charge in [0.1, 0.15) is 6.33 Å². The van der Waals surface area contributed by atoms with Crippen molar-refractivity contribution in [3.8, 4) is 0 Å². The second-order valence-corrected chi connectivity index (χ2v) is 8.99. The van der Waals surface area contributed by atoms with E-state index >= 15 is 0 Å². The molecule has 2 heterocycles. The molecule has 7 heteroatoms. The van der Waals surface area contributed by atoms with Crippen LogP contribution in [0, 0.1) is 16.0 Å². The Balaban J connectivity index is 1.45. The lowest BCUT2D eigenvalue weighted by molar-refractivity contribution is -0.383. The molecule has 1 aromatic heterocycles. The number of anilines is 3. The van der Waals surface area contributed by atoms with Crippen LogP contribution in [0.4, 0.5) is 23.0 Å². The molecule has 1 fully saturated rings. The average Bonchev–Trinajstić information content (AvgIpc) is 2.90. The van der Waals surface area contributed by atoms with Gasteiger partial charge in [0.25, 0.3) is 0 Å². The summed E-state index contributed by atoms with van der Waals surface area (Å²) in [6.45, 7) is 4.02. The number of hydrogen-bond acceptors (Lipinski definition) is 6. The van der Waals surface area contributed by atoms with Gasteiger partial charge in [0.05, 0.1) is 10.6 Å². The number of fused-ring (bicyclic) bond motifs is 1. The van der Waals surface area contributed by atoms with Gasteiger partial charge in [-0.15, -0.1) is 0 Å². The van der Waals surface area contributed by atoms with Crippen LogP contribution in [0.25, 0.3) is 10.8 Å². The summed E-state index contributed by atoms with van der Waals surface area (Å²) in [5.74, 6) is 1.32. The molecular weight excluding hydrogens is 438 g/mol. The maximum absolute atomic E-state index is 12.4. The van der Waals surface area contributed by atoms with Crippen LogP contribution in [-0.4, -0.2) is 34.5 Å². The standard InChI is InChI=1S/C28H29N5O2/c1-2-32(25-14-8-12-23-11-6-7-13-24(23)25)28-26(33(34)35)27(29-20-30-28)31-17-15-22(16-18-31)19-21-9-4-3-5-10-21/h3-14,20,22H,2,15-19H2,1H3. The van der Waals surface area contributed by atoms with Gasteiger partial charge in [-0.1, -0.05) is 66.7 Å². The number of piperidine rings is 1. The van der Waals surface area contributed by atoms with Gasteiger partial charge in [-0.25, -0.2) is 9.97 Å². The first-order valence-electron chi connectivity index (χ1n) is 12.2. The molecule has 4 aromatic rings. The van der Waals surface area contributed by atoms with Crippen molar-refractivity contribution < 1.29 is 4.92 Å². The molecule has 1 saturated heterocycles. The Hall–Kier alpha value is -4.00. The van der Waals surface area contributed by atoms with Gasteiger partial charge in [-0.05, 0) is 49.1 Å². The smallest absolute Gasteiger partial charge is 0.351 e. The van der Waals surface area contributed by atoms with Crippen LogP contribution in [0.3, 0.4) is 0 Å². The summed E-state index contributed by atoms with van der Waals surface area (Å²) < 4.78 is 0. The Bertz CT molecular complexity index is 1310. The predicted octanol–water partition coefficient (Wildman–Crippen LogP) is 6.16. The van der Waals surface area contributed by atoms with Gasteiger partial charge in [-0.2, -0.15) is 0 Å². The molecule has 0 aliphatic carbocycles. The molecule has 0 N–H and O–H groups in total. The van der Waals surface area contributed by atoms with Gasteiger partial charge in [-0.3, -0.25) is 10.1 Å². The summed E-state index contributed by atoms with van der Waals surface area (Å²) in [6.07, 6.45) is 4.45. The summed E-state index contributed by atoms with van der Waals surface area (Å²) in [4.78, 5) is 24.9. The van der Waals surface area contributed by atoms with Crippen LogP contribution >= 0.6 is 0 Å². The third-order valence-corrected chi connectivity index (χ3v) is 6.88. The average molecular weight is 468 g/mol. The van der Waals surface area contributed by atoms with Gasteiger partial charge < -0.3 is 9.80 Å². The molecule has 0 amide bonds. The van der Waals surface area contributed by atoms with Crippen LogP contribution in [-0.2, 0) is 6.42 Å². The summed E-state index contributed by atoms with van der Waals surface area (Å²) in [5.41, 5.74) is 2.22. The Morgan fingerprint density at radius 3 is 2.43 bits per heavy atom. The number of aromatic nitrogens is 2. The van der Waals surface area contributed by atoms with E-state index in [1.54, 1.807) is 0 Å². The highest BCUT2D eigenvalue weighted by molar-refractivity contribution is 5.96. The number of rotatable bonds is 7. The topological polar surface area (TPSA) is 75.4 Å². The molecule has 0 radical (unpaired) electrons. The quantitative estimate of drug-likeness (QED) is 0.239. The molecule has 0 unspecified atom stereocenters. The molecule has 0 spiro atoms. The van der Waals surface area contributed by atoms with Crippen molar-refractivity contribution in [3.63, 3.8) is 0 Å². The minimum absolute atomic E-state index is 0.0243. The molecular formula is C28H29N5O2. The second-order valence-electron chi connectivity index (χ2n) is 8.99. The van der Waals surface area contributed by atoms with Crippen LogP contribution in [0.5, 0.6) is 0 Å². The minimum Gasteiger partial charge on any atom is -0.351 e. The van der Waals surface area contributed by atoms with E-state index < -0.39 is 0 Å². The highest BCUT2D eigenvalue weighted by atomic mass is 16.6. The van der Waals surface area contributed by atoms with Crippen molar-refractivity contribution in [2.75, 3.05) is 29.4 Å². The lowest BCUT2D eigenvalue weighted by atomic mass is 9.90. The van der Waals surface area contributed by atoms with Crippen molar-refractivity contribution in [2.24, 2.45) is 5.92 Å². The molecule has 5 rings (SSSR count). The van der Waals surface area contributed by atoms with E-state index in [2.05, 4.69) is 39.1 Å². The first-order chi connectivity index (χ1) is 17.2. The Morgan fingerprint density at radius 2 is 1.69 bits per heavy atom. The van der Waals surface area contributed by atoms with Crippen LogP contribution in [0.1, 0.15) is 25.3 Å². The maximum atomic E-state index is 12.4. The SMILES string of the molecule is CCN(c1ncnc(N2CCC(Cc3ccccc3)CC2)c1[N+](=O)[O-])c1cccc2ccccc12. The van der Waals surface area contributed by atoms with E-state index in [0.717, 1.165) is 48.8 Å². The molecule has 1 aliphatic rings. The number of benzene rings is 3. The first-order valence-corrected chi connectivity index (χ1v) is 12.2.